The third kappa shape index (κ3) is 2.45. The van der Waals surface area contributed by atoms with E-state index >= 15 is 0 Å². The van der Waals surface area contributed by atoms with Crippen molar-refractivity contribution in [2.45, 2.75) is 0 Å². The van der Waals surface area contributed by atoms with Crippen LogP contribution in [0.2, 0.25) is 0 Å². The number of ether oxygens (including phenoxy) is 1. The summed E-state index contributed by atoms with van der Waals surface area (Å²) >= 11 is 0. The van der Waals surface area contributed by atoms with E-state index in [9.17, 15) is 18.0 Å². The lowest BCUT2D eigenvalue weighted by atomic mass is 10.0. The Morgan fingerprint density at radius 3 is 2.16 bits per heavy atom. The number of rotatable bonds is 3. The molecule has 0 bridgehead atoms. The van der Waals surface area contributed by atoms with Gasteiger partial charge in [-0.25, -0.2) is 13.2 Å². The molecule has 0 aliphatic heterocycles. The Bertz CT molecular complexity index is 621. The first-order valence-electron chi connectivity index (χ1n) is 5.37. The summed E-state index contributed by atoms with van der Waals surface area (Å²) in [5, 5.41) is 0. The Balaban J connectivity index is 2.41. The first kappa shape index (κ1) is 13.1. The van der Waals surface area contributed by atoms with E-state index in [1.54, 1.807) is 0 Å². The Labute approximate surface area is 107 Å². The second kappa shape index (κ2) is 5.14. The normalized spacial score (nSPS) is 10.3. The molecule has 2 aromatic rings. The van der Waals surface area contributed by atoms with E-state index in [1.807, 2.05) is 0 Å². The van der Waals surface area contributed by atoms with E-state index < -0.39 is 28.8 Å². The predicted octanol–water partition coefficient (Wildman–Crippen LogP) is 3.34. The molecule has 0 spiro atoms. The molecule has 0 saturated carbocycles. The van der Waals surface area contributed by atoms with Crippen LogP contribution in [-0.2, 0) is 0 Å². The van der Waals surface area contributed by atoms with Gasteiger partial charge in [-0.05, 0) is 36.4 Å². The smallest absolute Gasteiger partial charge is 0.196 e. The van der Waals surface area contributed by atoms with Crippen LogP contribution in [0, 0.1) is 17.5 Å². The van der Waals surface area contributed by atoms with E-state index in [-0.39, 0.29) is 5.56 Å². The van der Waals surface area contributed by atoms with Gasteiger partial charge < -0.3 is 4.74 Å². The van der Waals surface area contributed by atoms with Crippen molar-refractivity contribution in [2.75, 3.05) is 7.11 Å². The Kier molecular flexibility index (Phi) is 3.55. The SMILES string of the molecule is COc1ccc(C(=O)c2ccc(F)c(F)c2F)cc1. The van der Waals surface area contributed by atoms with Crippen LogP contribution in [0.4, 0.5) is 13.2 Å². The number of benzene rings is 2. The van der Waals surface area contributed by atoms with Crippen molar-refractivity contribution >= 4 is 5.78 Å². The highest BCUT2D eigenvalue weighted by Crippen LogP contribution is 2.20. The zero-order valence-corrected chi connectivity index (χ0v) is 9.91. The Morgan fingerprint density at radius 1 is 0.947 bits per heavy atom. The fourth-order valence-corrected chi connectivity index (χ4v) is 1.60. The lowest BCUT2D eigenvalue weighted by Crippen LogP contribution is -2.07. The molecular weight excluding hydrogens is 257 g/mol. The lowest BCUT2D eigenvalue weighted by Gasteiger charge is -2.05. The minimum absolute atomic E-state index is 0.158. The van der Waals surface area contributed by atoms with Crippen molar-refractivity contribution in [1.82, 2.24) is 0 Å². The molecular formula is C14H9F3O2. The summed E-state index contributed by atoms with van der Waals surface area (Å²) in [5.74, 6) is -4.66. The molecule has 0 atom stereocenters. The van der Waals surface area contributed by atoms with Crippen LogP contribution in [0.25, 0.3) is 0 Å². The molecule has 0 radical (unpaired) electrons. The molecule has 0 fully saturated rings. The van der Waals surface area contributed by atoms with Gasteiger partial charge in [0.05, 0.1) is 12.7 Å². The van der Waals surface area contributed by atoms with Gasteiger partial charge in [-0.3, -0.25) is 4.79 Å². The molecule has 19 heavy (non-hydrogen) atoms. The molecule has 2 aromatic carbocycles. The number of hydrogen-bond donors (Lipinski definition) is 0. The van der Waals surface area contributed by atoms with Gasteiger partial charge in [0.25, 0.3) is 0 Å². The number of methoxy groups -OCH3 is 1. The maximum atomic E-state index is 13.5. The van der Waals surface area contributed by atoms with E-state index in [0.29, 0.717) is 5.75 Å². The van der Waals surface area contributed by atoms with Crippen LogP contribution < -0.4 is 4.74 Å². The maximum absolute atomic E-state index is 13.5. The first-order valence-corrected chi connectivity index (χ1v) is 5.37. The van der Waals surface area contributed by atoms with Crippen LogP contribution in [-0.4, -0.2) is 12.9 Å². The molecule has 5 heteroatoms. The average Bonchev–Trinajstić information content (AvgIpc) is 2.44. The van der Waals surface area contributed by atoms with E-state index in [1.165, 1.54) is 31.4 Å². The predicted molar refractivity (Wildman–Crippen MR) is 62.7 cm³/mol. The third-order valence-electron chi connectivity index (χ3n) is 2.63. The zero-order chi connectivity index (χ0) is 14.0. The van der Waals surface area contributed by atoms with Gasteiger partial charge >= 0.3 is 0 Å². The summed E-state index contributed by atoms with van der Waals surface area (Å²) in [7, 11) is 1.46. The monoisotopic (exact) mass is 266 g/mol. The third-order valence-corrected chi connectivity index (χ3v) is 2.63. The highest BCUT2D eigenvalue weighted by Gasteiger charge is 2.19. The highest BCUT2D eigenvalue weighted by molar-refractivity contribution is 6.09. The summed E-state index contributed by atoms with van der Waals surface area (Å²) in [4.78, 5) is 12.0. The van der Waals surface area contributed by atoms with Gasteiger partial charge in [0.15, 0.2) is 23.2 Å². The fourth-order valence-electron chi connectivity index (χ4n) is 1.60. The maximum Gasteiger partial charge on any atom is 0.196 e. The van der Waals surface area contributed by atoms with Crippen LogP contribution in [0.3, 0.4) is 0 Å². The van der Waals surface area contributed by atoms with Crippen molar-refractivity contribution in [3.63, 3.8) is 0 Å². The van der Waals surface area contributed by atoms with Crippen LogP contribution in [0.15, 0.2) is 36.4 Å². The molecule has 2 rings (SSSR count). The fraction of sp³-hybridized carbons (Fsp3) is 0.0714. The van der Waals surface area contributed by atoms with E-state index in [4.69, 9.17) is 4.74 Å². The van der Waals surface area contributed by atoms with Crippen molar-refractivity contribution < 1.29 is 22.7 Å². The standard InChI is InChI=1S/C14H9F3O2/c1-19-9-4-2-8(3-5-9)14(18)10-6-7-11(15)13(17)12(10)16/h2-7H,1H3. The molecule has 0 amide bonds. The van der Waals surface area contributed by atoms with Crippen molar-refractivity contribution in [1.29, 1.82) is 0 Å². The van der Waals surface area contributed by atoms with Crippen LogP contribution in [0.1, 0.15) is 15.9 Å². The summed E-state index contributed by atoms with van der Waals surface area (Å²) in [6.45, 7) is 0. The van der Waals surface area contributed by atoms with Gasteiger partial charge in [-0.15, -0.1) is 0 Å². The topological polar surface area (TPSA) is 26.3 Å². The summed E-state index contributed by atoms with van der Waals surface area (Å²) < 4.78 is 44.2. The minimum Gasteiger partial charge on any atom is -0.497 e. The minimum atomic E-state index is -1.65. The average molecular weight is 266 g/mol. The molecule has 0 heterocycles. The summed E-state index contributed by atoms with van der Waals surface area (Å²) in [6.07, 6.45) is 0. The first-order chi connectivity index (χ1) is 9.04. The second-order valence-corrected chi connectivity index (χ2v) is 3.78. The summed E-state index contributed by atoms with van der Waals surface area (Å²) in [5.41, 5.74) is -0.352. The Hall–Kier alpha value is -2.30. The van der Waals surface area contributed by atoms with Gasteiger partial charge in [0.1, 0.15) is 5.75 Å². The lowest BCUT2D eigenvalue weighted by molar-refractivity contribution is 0.103. The zero-order valence-electron chi connectivity index (χ0n) is 9.91. The van der Waals surface area contributed by atoms with Crippen LogP contribution >= 0.6 is 0 Å². The van der Waals surface area contributed by atoms with Gasteiger partial charge in [-0.2, -0.15) is 0 Å². The van der Waals surface area contributed by atoms with Crippen molar-refractivity contribution in [3.8, 4) is 5.75 Å². The molecule has 0 unspecified atom stereocenters. The van der Waals surface area contributed by atoms with Gasteiger partial charge in [-0.1, -0.05) is 0 Å². The molecule has 0 aliphatic carbocycles. The Morgan fingerprint density at radius 2 is 1.58 bits per heavy atom. The second-order valence-electron chi connectivity index (χ2n) is 3.78. The molecule has 2 nitrogen and oxygen atoms in total. The van der Waals surface area contributed by atoms with Crippen LogP contribution in [0.5, 0.6) is 5.75 Å². The number of hydrogen-bond acceptors (Lipinski definition) is 2. The number of halogens is 3. The largest absolute Gasteiger partial charge is 0.497 e. The highest BCUT2D eigenvalue weighted by atomic mass is 19.2. The van der Waals surface area contributed by atoms with Crippen molar-refractivity contribution in [2.24, 2.45) is 0 Å². The molecule has 0 aromatic heterocycles. The number of ketones is 1. The molecule has 0 N–H and O–H groups in total. The van der Waals surface area contributed by atoms with E-state index in [0.717, 1.165) is 12.1 Å². The molecule has 98 valence electrons. The van der Waals surface area contributed by atoms with Gasteiger partial charge in [0.2, 0.25) is 0 Å². The molecule has 0 aliphatic rings. The van der Waals surface area contributed by atoms with Crippen molar-refractivity contribution in [3.05, 3.63) is 65.0 Å². The summed E-state index contributed by atoms with van der Waals surface area (Å²) in [6, 6.07) is 7.51. The number of carbonyl (C=O) groups excluding carboxylic acids is 1. The molecule has 0 saturated heterocycles. The van der Waals surface area contributed by atoms with E-state index in [2.05, 4.69) is 0 Å². The number of carbonyl (C=O) groups is 1. The quantitative estimate of drug-likeness (QED) is 0.629. The van der Waals surface area contributed by atoms with Gasteiger partial charge in [0, 0.05) is 5.56 Å².